The number of esters is 2. The maximum atomic E-state index is 12.9. The van der Waals surface area contributed by atoms with E-state index in [0.29, 0.717) is 17.0 Å². The van der Waals surface area contributed by atoms with Gasteiger partial charge in [-0.1, -0.05) is 47.1 Å². The van der Waals surface area contributed by atoms with Crippen LogP contribution < -0.4 is 11.1 Å². The van der Waals surface area contributed by atoms with Crippen LogP contribution in [0.4, 0.5) is 0 Å². The number of ether oxygens (including phenoxy) is 2. The molecule has 0 aromatic heterocycles. The molecule has 0 aliphatic carbocycles. The first-order chi connectivity index (χ1) is 13.7. The van der Waals surface area contributed by atoms with Crippen molar-refractivity contribution in [1.29, 1.82) is 5.41 Å². The van der Waals surface area contributed by atoms with Crippen molar-refractivity contribution >= 4 is 52.1 Å². The quantitative estimate of drug-likeness (QED) is 0.339. The van der Waals surface area contributed by atoms with E-state index in [1.165, 1.54) is 7.11 Å². The lowest BCUT2D eigenvalue weighted by atomic mass is 9.80. The third-order valence-corrected chi connectivity index (χ3v) is 5.79. The van der Waals surface area contributed by atoms with Crippen LogP contribution in [0.25, 0.3) is 0 Å². The van der Waals surface area contributed by atoms with Gasteiger partial charge in [-0.25, -0.2) is 9.59 Å². The largest absolute Gasteiger partial charge is 0.466 e. The Morgan fingerprint density at radius 1 is 1.28 bits per heavy atom. The second kappa shape index (κ2) is 10.0. The first kappa shape index (κ1) is 23.1. The van der Waals surface area contributed by atoms with E-state index in [9.17, 15) is 9.59 Å². The number of thioether (sulfide) groups is 1. The lowest BCUT2D eigenvalue weighted by molar-refractivity contribution is -0.139. The Hall–Kier alpha value is -2.16. The van der Waals surface area contributed by atoms with Crippen LogP contribution in [-0.2, 0) is 19.1 Å². The van der Waals surface area contributed by atoms with Gasteiger partial charge in [0, 0.05) is 17.1 Å². The number of rotatable bonds is 6. The second-order valence-corrected chi connectivity index (χ2v) is 7.80. The highest BCUT2D eigenvalue weighted by atomic mass is 35.5. The van der Waals surface area contributed by atoms with E-state index in [1.54, 1.807) is 32.0 Å². The number of carbonyl (C=O) groups is 2. The minimum absolute atomic E-state index is 0.111. The number of hydrogen-bond acceptors (Lipinski definition) is 7. The average molecular weight is 458 g/mol. The van der Waals surface area contributed by atoms with Gasteiger partial charge < -0.3 is 20.5 Å². The molecule has 1 aliphatic rings. The van der Waals surface area contributed by atoms with Crippen molar-refractivity contribution < 1.29 is 19.1 Å². The van der Waals surface area contributed by atoms with Gasteiger partial charge in [0.25, 0.3) is 0 Å². The van der Waals surface area contributed by atoms with Gasteiger partial charge in [-0.3, -0.25) is 5.41 Å². The third-order valence-electron chi connectivity index (χ3n) is 4.21. The summed E-state index contributed by atoms with van der Waals surface area (Å²) in [6.45, 7) is 3.52. The van der Waals surface area contributed by atoms with Crippen molar-refractivity contribution in [3.63, 3.8) is 0 Å². The second-order valence-electron chi connectivity index (χ2n) is 6.00. The Labute approximate surface area is 183 Å². The number of amidine groups is 1. The summed E-state index contributed by atoms with van der Waals surface area (Å²) in [5.74, 6) is -1.90. The van der Waals surface area contributed by atoms with E-state index >= 15 is 0 Å². The molecule has 0 bridgehead atoms. The van der Waals surface area contributed by atoms with Crippen LogP contribution in [0.3, 0.4) is 0 Å². The summed E-state index contributed by atoms with van der Waals surface area (Å²) in [5.41, 5.74) is 7.30. The third kappa shape index (κ3) is 5.07. The lowest BCUT2D eigenvalue weighted by Gasteiger charge is -2.31. The predicted octanol–water partition coefficient (Wildman–Crippen LogP) is 3.57. The van der Waals surface area contributed by atoms with Crippen molar-refractivity contribution in [3.8, 4) is 0 Å². The molecule has 1 unspecified atom stereocenters. The fourth-order valence-corrected chi connectivity index (χ4v) is 3.99. The van der Waals surface area contributed by atoms with E-state index in [2.05, 4.69) is 5.32 Å². The highest BCUT2D eigenvalue weighted by Gasteiger charge is 2.39. The van der Waals surface area contributed by atoms with Crippen LogP contribution >= 0.6 is 35.0 Å². The number of nitrogens with one attached hydrogen (secondary N) is 2. The van der Waals surface area contributed by atoms with Crippen molar-refractivity contribution in [2.75, 3.05) is 19.5 Å². The van der Waals surface area contributed by atoms with E-state index < -0.39 is 17.9 Å². The van der Waals surface area contributed by atoms with Gasteiger partial charge in [0.1, 0.15) is 0 Å². The summed E-state index contributed by atoms with van der Waals surface area (Å²) in [6.07, 6.45) is 0. The van der Waals surface area contributed by atoms with Crippen molar-refractivity contribution in [3.05, 3.63) is 56.3 Å². The SMILES string of the molecule is CCOC(=O)C1=C(CSC(=N)N)NC(C)=C(C(=O)OC)C1c1cccc(Cl)c1Cl. The molecule has 1 aromatic carbocycles. The summed E-state index contributed by atoms with van der Waals surface area (Å²) in [6, 6.07) is 4.99. The molecule has 1 aliphatic heterocycles. The van der Waals surface area contributed by atoms with Crippen molar-refractivity contribution in [2.45, 2.75) is 19.8 Å². The number of benzene rings is 1. The van der Waals surface area contributed by atoms with Gasteiger partial charge in [-0.05, 0) is 25.5 Å². The molecule has 156 valence electrons. The number of hydrogen-bond donors (Lipinski definition) is 3. The molecule has 4 N–H and O–H groups in total. The zero-order valence-corrected chi connectivity index (χ0v) is 18.4. The maximum Gasteiger partial charge on any atom is 0.336 e. The molecule has 0 saturated carbocycles. The average Bonchev–Trinajstić information content (AvgIpc) is 2.67. The number of halogens is 2. The Bertz CT molecular complexity index is 915. The van der Waals surface area contributed by atoms with Crippen LogP contribution in [0.2, 0.25) is 10.0 Å². The van der Waals surface area contributed by atoms with Gasteiger partial charge >= 0.3 is 11.9 Å². The van der Waals surface area contributed by atoms with Crippen LogP contribution in [0.5, 0.6) is 0 Å². The van der Waals surface area contributed by atoms with E-state index in [4.69, 9.17) is 43.8 Å². The number of nitrogens with two attached hydrogens (primary N) is 1. The van der Waals surface area contributed by atoms with Crippen LogP contribution in [0.1, 0.15) is 25.3 Å². The van der Waals surface area contributed by atoms with Crippen molar-refractivity contribution in [2.24, 2.45) is 5.73 Å². The lowest BCUT2D eigenvalue weighted by Crippen LogP contribution is -2.34. The fraction of sp³-hybridized carbons (Fsp3) is 0.316. The van der Waals surface area contributed by atoms with Gasteiger partial charge in [-0.15, -0.1) is 0 Å². The minimum atomic E-state index is -0.864. The normalized spacial score (nSPS) is 16.4. The number of dihydropyridines is 1. The van der Waals surface area contributed by atoms with Gasteiger partial charge in [0.2, 0.25) is 0 Å². The van der Waals surface area contributed by atoms with Crippen molar-refractivity contribution in [1.82, 2.24) is 5.32 Å². The summed E-state index contributed by atoms with van der Waals surface area (Å²) in [7, 11) is 1.26. The van der Waals surface area contributed by atoms with Crippen LogP contribution in [0, 0.1) is 5.41 Å². The molecular formula is C19H21Cl2N3O4S. The minimum Gasteiger partial charge on any atom is -0.466 e. The molecule has 1 heterocycles. The molecule has 0 spiro atoms. The molecule has 0 fully saturated rings. The summed E-state index contributed by atoms with van der Waals surface area (Å²) in [4.78, 5) is 25.6. The predicted molar refractivity (Wildman–Crippen MR) is 115 cm³/mol. The molecule has 7 nitrogen and oxygen atoms in total. The van der Waals surface area contributed by atoms with Gasteiger partial charge in [-0.2, -0.15) is 0 Å². The van der Waals surface area contributed by atoms with E-state index in [-0.39, 0.29) is 38.7 Å². The molecule has 1 aromatic rings. The molecule has 2 rings (SSSR count). The summed E-state index contributed by atoms with van der Waals surface area (Å²) < 4.78 is 10.2. The number of carbonyl (C=O) groups excluding carboxylic acids is 2. The molecule has 1 atom stereocenters. The Morgan fingerprint density at radius 2 is 1.97 bits per heavy atom. The van der Waals surface area contributed by atoms with Crippen LogP contribution in [0.15, 0.2) is 40.7 Å². The fourth-order valence-electron chi connectivity index (χ4n) is 3.05. The maximum absolute atomic E-state index is 12.9. The molecule has 0 saturated heterocycles. The molecule has 29 heavy (non-hydrogen) atoms. The highest BCUT2D eigenvalue weighted by Crippen LogP contribution is 2.43. The zero-order valence-electron chi connectivity index (χ0n) is 16.1. The Kier molecular flexibility index (Phi) is 8.01. The van der Waals surface area contributed by atoms with Gasteiger partial charge in [0.15, 0.2) is 5.17 Å². The summed E-state index contributed by atoms with van der Waals surface area (Å²) >= 11 is 13.7. The van der Waals surface area contributed by atoms with Gasteiger partial charge in [0.05, 0.1) is 40.8 Å². The van der Waals surface area contributed by atoms with E-state index in [0.717, 1.165) is 11.8 Å². The Balaban J connectivity index is 2.77. The smallest absolute Gasteiger partial charge is 0.336 e. The number of methoxy groups -OCH3 is 1. The standard InChI is InChI=1S/C19H21Cl2N3O4S/c1-4-28-18(26)15-12(8-29-19(22)23)24-9(2)13(17(25)27-3)14(15)10-6-5-7-11(20)16(10)21/h5-7,14,24H,4,8H2,1-3H3,(H3,22,23). The first-order valence-electron chi connectivity index (χ1n) is 8.59. The van der Waals surface area contributed by atoms with E-state index in [1.807, 2.05) is 0 Å². The summed E-state index contributed by atoms with van der Waals surface area (Å²) in [5, 5.41) is 10.9. The number of allylic oxidation sites excluding steroid dienone is 1. The van der Waals surface area contributed by atoms with Crippen LogP contribution in [-0.4, -0.2) is 36.6 Å². The zero-order chi connectivity index (χ0) is 21.7. The molecular weight excluding hydrogens is 437 g/mol. The monoisotopic (exact) mass is 457 g/mol. The molecule has 0 radical (unpaired) electrons. The topological polar surface area (TPSA) is 115 Å². The highest BCUT2D eigenvalue weighted by molar-refractivity contribution is 8.13. The first-order valence-corrected chi connectivity index (χ1v) is 10.3. The molecule has 10 heteroatoms. The molecule has 0 amide bonds. The Morgan fingerprint density at radius 3 is 2.55 bits per heavy atom.